The zero-order valence-corrected chi connectivity index (χ0v) is 8.42. The lowest BCUT2D eigenvalue weighted by molar-refractivity contribution is -0.725. The highest BCUT2D eigenvalue weighted by Gasteiger charge is 2.31. The van der Waals surface area contributed by atoms with Crippen LogP contribution in [0.1, 0.15) is 11.1 Å². The lowest BCUT2D eigenvalue weighted by Crippen LogP contribution is -2.12. The molecule has 0 atom stereocenters. The van der Waals surface area contributed by atoms with Crippen molar-refractivity contribution in [2.24, 2.45) is 0 Å². The molecule has 3 heteroatoms. The predicted octanol–water partition coefficient (Wildman–Crippen LogP) is 2.40. The van der Waals surface area contributed by atoms with Gasteiger partial charge in [-0.25, -0.2) is 0 Å². The van der Waals surface area contributed by atoms with Crippen molar-refractivity contribution >= 4 is 5.71 Å². The molecule has 2 aromatic carbocycles. The van der Waals surface area contributed by atoms with Gasteiger partial charge < -0.3 is 5.21 Å². The fourth-order valence-corrected chi connectivity index (χ4v) is 2.20. The van der Waals surface area contributed by atoms with Crippen molar-refractivity contribution < 1.29 is 10.1 Å². The van der Waals surface area contributed by atoms with E-state index in [1.54, 1.807) is 0 Å². The van der Waals surface area contributed by atoms with E-state index in [1.807, 2.05) is 48.5 Å². The molecule has 0 heterocycles. The Morgan fingerprint density at radius 1 is 0.750 bits per heavy atom. The minimum absolute atomic E-state index is 0.0509. The summed E-state index contributed by atoms with van der Waals surface area (Å²) in [6.45, 7) is 0. The summed E-state index contributed by atoms with van der Waals surface area (Å²) in [5.41, 5.74) is 3.86. The normalized spacial score (nSPS) is 12.1. The van der Waals surface area contributed by atoms with Gasteiger partial charge in [0.15, 0.2) is 0 Å². The van der Waals surface area contributed by atoms with Crippen LogP contribution in [0.15, 0.2) is 48.5 Å². The Balaban J connectivity index is 2.44. The molecule has 3 rings (SSSR count). The Hall–Kier alpha value is -2.29. The SMILES string of the molecule is [O-][N+](O)=C1c2ccccc2-c2ccccc21. The number of fused-ring (bicyclic) bond motifs is 3. The molecule has 0 radical (unpaired) electrons. The second-order valence-corrected chi connectivity index (χ2v) is 3.71. The standard InChI is InChI=1S/C13H9NO2/c15-14(16)13-11-7-3-1-5-9(11)10-6-2-4-8-12(10)13/h1-8H,(H,15,16). The van der Waals surface area contributed by atoms with Gasteiger partial charge in [0.05, 0.1) is 11.1 Å². The second kappa shape index (κ2) is 3.10. The van der Waals surface area contributed by atoms with Crippen LogP contribution in [-0.4, -0.2) is 15.8 Å². The largest absolute Gasteiger partial charge is 0.417 e. The highest BCUT2D eigenvalue weighted by atomic mass is 16.8. The van der Waals surface area contributed by atoms with Crippen molar-refractivity contribution in [2.75, 3.05) is 0 Å². The lowest BCUT2D eigenvalue weighted by Gasteiger charge is -1.96. The molecule has 1 aliphatic carbocycles. The van der Waals surface area contributed by atoms with Gasteiger partial charge in [0, 0.05) is 4.90 Å². The fraction of sp³-hybridized carbons (Fsp3) is 0. The third-order valence-corrected chi connectivity index (χ3v) is 2.85. The molecule has 0 saturated carbocycles. The summed E-state index contributed by atoms with van der Waals surface area (Å²) in [6, 6.07) is 15.1. The van der Waals surface area contributed by atoms with Crippen LogP contribution in [-0.2, 0) is 0 Å². The summed E-state index contributed by atoms with van der Waals surface area (Å²) in [5.74, 6) is 0. The molecule has 0 bridgehead atoms. The van der Waals surface area contributed by atoms with Crippen LogP contribution in [0.2, 0.25) is 0 Å². The summed E-state index contributed by atoms with van der Waals surface area (Å²) in [6.07, 6.45) is 0. The van der Waals surface area contributed by atoms with Crippen LogP contribution in [0.4, 0.5) is 0 Å². The number of rotatable bonds is 0. The van der Waals surface area contributed by atoms with Gasteiger partial charge in [-0.05, 0) is 23.3 Å². The Kier molecular flexibility index (Phi) is 1.74. The third kappa shape index (κ3) is 1.05. The van der Waals surface area contributed by atoms with Gasteiger partial charge in [-0.1, -0.05) is 36.4 Å². The Labute approximate surface area is 92.4 Å². The highest BCUT2D eigenvalue weighted by molar-refractivity contribution is 6.22. The Morgan fingerprint density at radius 2 is 1.12 bits per heavy atom. The smallest absolute Gasteiger partial charge is 0.283 e. The molecule has 78 valence electrons. The molecule has 0 unspecified atom stereocenters. The summed E-state index contributed by atoms with van der Waals surface area (Å²) >= 11 is 0. The maximum Gasteiger partial charge on any atom is 0.283 e. The average molecular weight is 211 g/mol. The average Bonchev–Trinajstić information content (AvgIpc) is 2.63. The monoisotopic (exact) mass is 211 g/mol. The van der Waals surface area contributed by atoms with Crippen LogP contribution in [0.3, 0.4) is 0 Å². The van der Waals surface area contributed by atoms with Gasteiger partial charge in [-0.3, -0.25) is 5.21 Å². The molecule has 16 heavy (non-hydrogen) atoms. The number of benzene rings is 2. The number of hydrogen-bond acceptors (Lipinski definition) is 2. The molecule has 0 aromatic heterocycles. The van der Waals surface area contributed by atoms with E-state index in [4.69, 9.17) is 0 Å². The molecule has 0 aliphatic heterocycles. The molecule has 1 N–H and O–H groups in total. The first-order valence-corrected chi connectivity index (χ1v) is 5.01. The van der Waals surface area contributed by atoms with Crippen molar-refractivity contribution in [2.45, 2.75) is 0 Å². The van der Waals surface area contributed by atoms with E-state index >= 15 is 0 Å². The molecule has 2 aromatic rings. The molecule has 0 fully saturated rings. The first-order chi connectivity index (χ1) is 7.79. The molecule has 0 saturated heterocycles. The van der Waals surface area contributed by atoms with Crippen molar-refractivity contribution in [1.82, 2.24) is 0 Å². The molecule has 0 spiro atoms. The van der Waals surface area contributed by atoms with Gasteiger partial charge in [0.25, 0.3) is 5.71 Å². The van der Waals surface area contributed by atoms with Gasteiger partial charge in [-0.2, -0.15) is 0 Å². The zero-order valence-electron chi connectivity index (χ0n) is 8.42. The lowest BCUT2D eigenvalue weighted by atomic mass is 10.1. The van der Waals surface area contributed by atoms with Crippen LogP contribution in [0, 0.1) is 5.21 Å². The second-order valence-electron chi connectivity index (χ2n) is 3.71. The van der Waals surface area contributed by atoms with Crippen LogP contribution >= 0.6 is 0 Å². The first kappa shape index (κ1) is 8.97. The van der Waals surface area contributed by atoms with E-state index < -0.39 is 0 Å². The Bertz CT molecular complexity index is 551. The van der Waals surface area contributed by atoms with Crippen molar-refractivity contribution in [3.8, 4) is 11.1 Å². The topological polar surface area (TPSA) is 46.3 Å². The van der Waals surface area contributed by atoms with Crippen molar-refractivity contribution in [3.05, 3.63) is 64.9 Å². The van der Waals surface area contributed by atoms with Crippen molar-refractivity contribution in [3.63, 3.8) is 0 Å². The maximum atomic E-state index is 11.2. The molecule has 1 aliphatic rings. The quantitative estimate of drug-likeness (QED) is 0.352. The highest BCUT2D eigenvalue weighted by Crippen LogP contribution is 2.36. The van der Waals surface area contributed by atoms with Gasteiger partial charge in [0.1, 0.15) is 0 Å². The number of nitrogens with zero attached hydrogens (tertiary/aromatic N) is 1. The van der Waals surface area contributed by atoms with Crippen molar-refractivity contribution in [1.29, 1.82) is 0 Å². The minimum atomic E-state index is -0.0509. The third-order valence-electron chi connectivity index (χ3n) is 2.85. The molecule has 0 amide bonds. The van der Waals surface area contributed by atoms with E-state index in [0.29, 0.717) is 5.71 Å². The molecular formula is C13H9NO2. The molecule has 3 nitrogen and oxygen atoms in total. The Morgan fingerprint density at radius 3 is 1.50 bits per heavy atom. The van der Waals surface area contributed by atoms with E-state index in [-0.39, 0.29) is 4.90 Å². The van der Waals surface area contributed by atoms with Gasteiger partial charge in [-0.15, -0.1) is 0 Å². The first-order valence-electron chi connectivity index (χ1n) is 5.01. The minimum Gasteiger partial charge on any atom is -0.417 e. The molecular weight excluding hydrogens is 202 g/mol. The summed E-state index contributed by atoms with van der Waals surface area (Å²) in [5, 5.41) is 20.4. The van der Waals surface area contributed by atoms with E-state index in [1.165, 1.54) is 0 Å². The van der Waals surface area contributed by atoms with Crippen LogP contribution in [0.25, 0.3) is 11.1 Å². The number of hydrogen-bond donors (Lipinski definition) is 1. The van der Waals surface area contributed by atoms with E-state index in [9.17, 15) is 10.4 Å². The predicted molar refractivity (Wildman–Crippen MR) is 60.5 cm³/mol. The van der Waals surface area contributed by atoms with E-state index in [2.05, 4.69) is 0 Å². The van der Waals surface area contributed by atoms with Gasteiger partial charge >= 0.3 is 0 Å². The zero-order chi connectivity index (χ0) is 11.1. The van der Waals surface area contributed by atoms with E-state index in [0.717, 1.165) is 22.3 Å². The summed E-state index contributed by atoms with van der Waals surface area (Å²) in [7, 11) is 0. The van der Waals surface area contributed by atoms with Crippen LogP contribution in [0.5, 0.6) is 0 Å². The van der Waals surface area contributed by atoms with Crippen LogP contribution < -0.4 is 0 Å². The fourth-order valence-electron chi connectivity index (χ4n) is 2.20. The van der Waals surface area contributed by atoms with Gasteiger partial charge in [0.2, 0.25) is 0 Å². The summed E-state index contributed by atoms with van der Waals surface area (Å²) < 4.78 is 0. The summed E-state index contributed by atoms with van der Waals surface area (Å²) in [4.78, 5) is -0.0509. The maximum absolute atomic E-state index is 11.2.